The second-order valence-electron chi connectivity index (χ2n) is 2.82. The lowest BCUT2D eigenvalue weighted by molar-refractivity contribution is 0.259. The minimum Gasteiger partial charge on any atom is -0.411 e. The van der Waals surface area contributed by atoms with Gasteiger partial charge in [-0.15, -0.1) is 0 Å². The number of hydrogen-bond acceptors (Lipinski definition) is 6. The van der Waals surface area contributed by atoms with Crippen LogP contribution in [0.25, 0.3) is 0 Å². The van der Waals surface area contributed by atoms with Crippen LogP contribution in [-0.2, 0) is 20.9 Å². The first-order chi connectivity index (χ1) is 7.49. The van der Waals surface area contributed by atoms with Crippen molar-refractivity contribution < 1.29 is 14.3 Å². The second kappa shape index (κ2) is 7.73. The fourth-order valence-corrected chi connectivity index (χ4v) is 2.62. The molecule has 0 aliphatic carbocycles. The largest absolute Gasteiger partial charge is 0.411 e. The van der Waals surface area contributed by atoms with Crippen LogP contribution in [0.5, 0.6) is 0 Å². The zero-order chi connectivity index (χ0) is 12.6. The van der Waals surface area contributed by atoms with E-state index in [1.165, 1.54) is 0 Å². The summed E-state index contributed by atoms with van der Waals surface area (Å²) >= 11 is 5.19. The third-order valence-corrected chi connectivity index (χ3v) is 4.03. The van der Waals surface area contributed by atoms with Crippen LogP contribution < -0.4 is 5.20 Å². The Bertz CT molecular complexity index is 310. The van der Waals surface area contributed by atoms with Gasteiger partial charge in [0.1, 0.15) is 0 Å². The van der Waals surface area contributed by atoms with Crippen LogP contribution in [0.2, 0.25) is 0 Å². The van der Waals surface area contributed by atoms with Crippen LogP contribution in [-0.4, -0.2) is 29.8 Å². The van der Waals surface area contributed by atoms with Crippen molar-refractivity contribution in [1.29, 1.82) is 0 Å². The standard InChI is InChI=1S/C8H18N3O3PS/c1-5-13-15(16,14-6-2)11-9-7(3)8(4)10-12/h12H,5-6H2,1-4H3,(H,11,16)/b9-7+,10-8+. The summed E-state index contributed by atoms with van der Waals surface area (Å²) in [5.74, 6) is 0. The van der Waals surface area contributed by atoms with Crippen molar-refractivity contribution in [2.24, 2.45) is 10.3 Å². The van der Waals surface area contributed by atoms with E-state index in [1.807, 2.05) is 13.8 Å². The predicted octanol–water partition coefficient (Wildman–Crippen LogP) is 2.10. The molecule has 6 nitrogen and oxygen atoms in total. The molecule has 2 N–H and O–H groups in total. The molecular formula is C8H18N3O3PS. The van der Waals surface area contributed by atoms with E-state index in [0.29, 0.717) is 24.6 Å². The number of oxime groups is 1. The van der Waals surface area contributed by atoms with Gasteiger partial charge in [-0.3, -0.25) is 0 Å². The zero-order valence-corrected chi connectivity index (χ0v) is 11.6. The third kappa shape index (κ3) is 5.55. The summed E-state index contributed by atoms with van der Waals surface area (Å²) in [6.45, 7) is 5.33. The van der Waals surface area contributed by atoms with Gasteiger partial charge in [0, 0.05) is 0 Å². The molecule has 0 aromatic rings. The molecule has 0 fully saturated rings. The molecule has 0 saturated heterocycles. The first-order valence-electron chi connectivity index (χ1n) is 4.88. The molecule has 0 amide bonds. The van der Waals surface area contributed by atoms with E-state index >= 15 is 0 Å². The lowest BCUT2D eigenvalue weighted by Crippen LogP contribution is -2.14. The highest BCUT2D eigenvalue weighted by Crippen LogP contribution is 2.43. The van der Waals surface area contributed by atoms with Crippen LogP contribution in [0.1, 0.15) is 27.7 Å². The van der Waals surface area contributed by atoms with Crippen LogP contribution in [0, 0.1) is 0 Å². The molecule has 0 spiro atoms. The van der Waals surface area contributed by atoms with Crippen molar-refractivity contribution in [2.45, 2.75) is 27.7 Å². The highest BCUT2D eigenvalue weighted by Gasteiger charge is 2.16. The average Bonchev–Trinajstić information content (AvgIpc) is 2.25. The Morgan fingerprint density at radius 1 is 1.25 bits per heavy atom. The van der Waals surface area contributed by atoms with E-state index < -0.39 is 6.64 Å². The van der Waals surface area contributed by atoms with Gasteiger partial charge >= 0.3 is 6.64 Å². The lowest BCUT2D eigenvalue weighted by atomic mass is 10.3. The molecule has 0 heterocycles. The monoisotopic (exact) mass is 267 g/mol. The molecular weight excluding hydrogens is 249 g/mol. The summed E-state index contributed by atoms with van der Waals surface area (Å²) in [5.41, 5.74) is 0.929. The molecule has 94 valence electrons. The predicted molar refractivity (Wildman–Crippen MR) is 68.7 cm³/mol. The maximum atomic E-state index is 8.54. The van der Waals surface area contributed by atoms with Gasteiger partial charge in [0.2, 0.25) is 0 Å². The van der Waals surface area contributed by atoms with Crippen LogP contribution in [0.15, 0.2) is 10.3 Å². The van der Waals surface area contributed by atoms with E-state index in [0.717, 1.165) is 0 Å². The Labute approximate surface area is 101 Å². The number of hydrogen-bond donors (Lipinski definition) is 2. The number of hydrazone groups is 1. The van der Waals surface area contributed by atoms with Crippen molar-refractivity contribution in [2.75, 3.05) is 13.2 Å². The molecule has 0 aliphatic heterocycles. The quantitative estimate of drug-likeness (QED) is 0.320. The molecule has 0 aromatic heterocycles. The summed E-state index contributed by atoms with van der Waals surface area (Å²) < 4.78 is 10.6. The Hall–Kier alpha value is -0.490. The van der Waals surface area contributed by atoms with Gasteiger partial charge in [-0.25, -0.2) is 5.20 Å². The average molecular weight is 267 g/mol. The first kappa shape index (κ1) is 15.5. The lowest BCUT2D eigenvalue weighted by Gasteiger charge is -2.19. The summed E-state index contributed by atoms with van der Waals surface area (Å²) in [6.07, 6.45) is 0. The number of nitrogens with one attached hydrogen (secondary N) is 1. The Morgan fingerprint density at radius 3 is 2.12 bits per heavy atom. The van der Waals surface area contributed by atoms with Crippen LogP contribution in [0.3, 0.4) is 0 Å². The molecule has 0 saturated carbocycles. The molecule has 0 atom stereocenters. The van der Waals surface area contributed by atoms with Crippen molar-refractivity contribution in [3.8, 4) is 0 Å². The van der Waals surface area contributed by atoms with Crippen LogP contribution >= 0.6 is 6.64 Å². The van der Waals surface area contributed by atoms with Crippen molar-refractivity contribution >= 4 is 29.9 Å². The summed E-state index contributed by atoms with van der Waals surface area (Å²) in [5, 5.41) is 18.2. The van der Waals surface area contributed by atoms with Gasteiger partial charge in [-0.05, 0) is 39.5 Å². The molecule has 0 bridgehead atoms. The maximum absolute atomic E-state index is 8.54. The van der Waals surface area contributed by atoms with Crippen molar-refractivity contribution in [3.05, 3.63) is 0 Å². The SMILES string of the molecule is CCOP(=S)(N/N=C(C)/C(C)=N/O)OCC. The van der Waals surface area contributed by atoms with E-state index in [1.54, 1.807) is 13.8 Å². The van der Waals surface area contributed by atoms with Gasteiger partial charge in [0.25, 0.3) is 0 Å². The molecule has 0 radical (unpaired) electrons. The Morgan fingerprint density at radius 2 is 1.75 bits per heavy atom. The molecule has 0 rings (SSSR count). The van der Waals surface area contributed by atoms with Gasteiger partial charge in [0.15, 0.2) is 0 Å². The Balaban J connectivity index is 4.60. The summed E-state index contributed by atoms with van der Waals surface area (Å²) in [6, 6.07) is 0. The number of rotatable bonds is 7. The minimum absolute atomic E-state index is 0.405. The minimum atomic E-state index is -2.56. The van der Waals surface area contributed by atoms with E-state index in [9.17, 15) is 0 Å². The van der Waals surface area contributed by atoms with Gasteiger partial charge < -0.3 is 14.3 Å². The third-order valence-electron chi connectivity index (χ3n) is 1.61. The Kier molecular flexibility index (Phi) is 7.49. The van der Waals surface area contributed by atoms with E-state index in [4.69, 9.17) is 26.1 Å². The van der Waals surface area contributed by atoms with Crippen molar-refractivity contribution in [1.82, 2.24) is 5.20 Å². The van der Waals surface area contributed by atoms with Gasteiger partial charge in [-0.2, -0.15) is 5.10 Å². The maximum Gasteiger partial charge on any atom is 0.303 e. The molecule has 0 unspecified atom stereocenters. The molecule has 8 heteroatoms. The highest BCUT2D eigenvalue weighted by molar-refractivity contribution is 8.08. The molecule has 16 heavy (non-hydrogen) atoms. The van der Waals surface area contributed by atoms with E-state index in [-0.39, 0.29) is 0 Å². The zero-order valence-electron chi connectivity index (χ0n) is 9.93. The fourth-order valence-electron chi connectivity index (χ4n) is 0.724. The normalized spacial score (nSPS) is 14.0. The van der Waals surface area contributed by atoms with Gasteiger partial charge in [-0.1, -0.05) is 5.16 Å². The summed E-state index contributed by atoms with van der Waals surface area (Å²) in [7, 11) is 0. The fraction of sp³-hybridized carbons (Fsp3) is 0.750. The first-order valence-corrected chi connectivity index (χ1v) is 7.52. The highest BCUT2D eigenvalue weighted by atomic mass is 32.5. The van der Waals surface area contributed by atoms with Crippen LogP contribution in [0.4, 0.5) is 0 Å². The molecule has 0 aromatic carbocycles. The summed E-state index contributed by atoms with van der Waals surface area (Å²) in [4.78, 5) is 0. The smallest absolute Gasteiger partial charge is 0.303 e. The van der Waals surface area contributed by atoms with E-state index in [2.05, 4.69) is 15.5 Å². The molecule has 0 aliphatic rings. The van der Waals surface area contributed by atoms with Crippen molar-refractivity contribution in [3.63, 3.8) is 0 Å². The second-order valence-corrected chi connectivity index (χ2v) is 5.97. The van der Waals surface area contributed by atoms with Gasteiger partial charge in [0.05, 0.1) is 24.6 Å². The number of nitrogens with zero attached hydrogens (tertiary/aromatic N) is 2. The topological polar surface area (TPSA) is 75.4 Å².